The zero-order valence-electron chi connectivity index (χ0n) is 20.8. The zero-order chi connectivity index (χ0) is 23.9. The number of hydrogen-bond donors (Lipinski definition) is 1. The molecule has 3 aromatic heterocycles. The molecular weight excluding hydrogens is 430 g/mol. The maximum absolute atomic E-state index is 4.39. The number of nitrogens with zero attached hydrogens (tertiary/aromatic N) is 4. The van der Waals surface area contributed by atoms with Gasteiger partial charge in [0.25, 0.3) is 0 Å². The van der Waals surface area contributed by atoms with E-state index in [1.807, 2.05) is 4.52 Å². The highest BCUT2D eigenvalue weighted by atomic mass is 15.3. The number of rotatable bonds is 6. The first-order valence-corrected chi connectivity index (χ1v) is 12.8. The summed E-state index contributed by atoms with van der Waals surface area (Å²) in [6.07, 6.45) is 7.38. The third-order valence-corrected chi connectivity index (χ3v) is 7.53. The molecule has 178 valence electrons. The number of H-pyrrole nitrogens is 1. The quantitative estimate of drug-likeness (QED) is 0.312. The van der Waals surface area contributed by atoms with Crippen molar-refractivity contribution in [3.63, 3.8) is 0 Å². The molecule has 0 amide bonds. The van der Waals surface area contributed by atoms with Crippen LogP contribution in [-0.4, -0.2) is 37.1 Å². The Kier molecular flexibility index (Phi) is 5.65. The van der Waals surface area contributed by atoms with Gasteiger partial charge in [0.15, 0.2) is 5.65 Å². The summed E-state index contributed by atoms with van der Waals surface area (Å²) in [5.41, 5.74) is 9.82. The standard InChI is InChI=1S/C30H33N5/c1-20(2)28-26-16-23(15-25-10-7-13-34(25)17-22-8-5-4-6-9-22)11-12-27(26)33-29(28)24-14-21(3)30-31-19-32-35(30)18-24/h4-6,8-9,11-12,14,16,18-20,25,33H,7,10,13,15,17H2,1-3H3. The predicted molar refractivity (Wildman–Crippen MR) is 143 cm³/mol. The highest BCUT2D eigenvalue weighted by Gasteiger charge is 2.25. The summed E-state index contributed by atoms with van der Waals surface area (Å²) in [5, 5.41) is 5.73. The number of fused-ring (bicyclic) bond motifs is 2. The highest BCUT2D eigenvalue weighted by molar-refractivity contribution is 5.92. The molecule has 0 spiro atoms. The fourth-order valence-corrected chi connectivity index (χ4v) is 5.87. The fraction of sp³-hybridized carbons (Fsp3) is 0.333. The number of hydrogen-bond acceptors (Lipinski definition) is 3. The second kappa shape index (κ2) is 8.97. The van der Waals surface area contributed by atoms with E-state index in [4.69, 9.17) is 0 Å². The van der Waals surface area contributed by atoms with Crippen molar-refractivity contribution in [1.29, 1.82) is 0 Å². The highest BCUT2D eigenvalue weighted by Crippen LogP contribution is 2.37. The maximum atomic E-state index is 4.39. The van der Waals surface area contributed by atoms with Gasteiger partial charge in [0, 0.05) is 35.2 Å². The van der Waals surface area contributed by atoms with Crippen LogP contribution in [0.2, 0.25) is 0 Å². The van der Waals surface area contributed by atoms with Gasteiger partial charge in [0.05, 0.1) is 5.69 Å². The van der Waals surface area contributed by atoms with Gasteiger partial charge < -0.3 is 4.98 Å². The summed E-state index contributed by atoms with van der Waals surface area (Å²) in [7, 11) is 0. The molecule has 0 radical (unpaired) electrons. The average molecular weight is 464 g/mol. The molecule has 0 saturated carbocycles. The van der Waals surface area contributed by atoms with Gasteiger partial charge in [0.1, 0.15) is 6.33 Å². The van der Waals surface area contributed by atoms with Crippen LogP contribution >= 0.6 is 0 Å². The van der Waals surface area contributed by atoms with E-state index in [0.29, 0.717) is 12.0 Å². The first-order valence-electron chi connectivity index (χ1n) is 12.8. The number of aromatic amines is 1. The lowest BCUT2D eigenvalue weighted by atomic mass is 9.94. The number of pyridine rings is 1. The molecule has 1 aliphatic rings. The fourth-order valence-electron chi connectivity index (χ4n) is 5.87. The Bertz CT molecular complexity index is 1480. The molecule has 5 nitrogen and oxygen atoms in total. The normalized spacial score (nSPS) is 16.7. The molecule has 4 heterocycles. The lowest BCUT2D eigenvalue weighted by Gasteiger charge is -2.24. The third-order valence-electron chi connectivity index (χ3n) is 7.53. The number of aryl methyl sites for hydroxylation is 1. The number of benzene rings is 2. The Balaban J connectivity index is 1.34. The van der Waals surface area contributed by atoms with E-state index in [2.05, 4.69) is 102 Å². The molecular formula is C30H33N5. The number of likely N-dealkylation sites (tertiary alicyclic amines) is 1. The van der Waals surface area contributed by atoms with Gasteiger partial charge in [-0.05, 0) is 79.1 Å². The summed E-state index contributed by atoms with van der Waals surface area (Å²) in [6, 6.07) is 20.7. The number of nitrogens with one attached hydrogen (secondary N) is 1. The zero-order valence-corrected chi connectivity index (χ0v) is 20.8. The van der Waals surface area contributed by atoms with Crippen LogP contribution in [0.15, 0.2) is 67.1 Å². The van der Waals surface area contributed by atoms with Crippen molar-refractivity contribution in [3.8, 4) is 11.3 Å². The lowest BCUT2D eigenvalue weighted by molar-refractivity contribution is 0.244. The van der Waals surface area contributed by atoms with Crippen LogP contribution in [0.5, 0.6) is 0 Å². The molecule has 1 aliphatic heterocycles. The van der Waals surface area contributed by atoms with E-state index in [0.717, 1.165) is 29.7 Å². The van der Waals surface area contributed by atoms with E-state index in [9.17, 15) is 0 Å². The Morgan fingerprint density at radius 2 is 1.91 bits per heavy atom. The monoisotopic (exact) mass is 463 g/mol. The van der Waals surface area contributed by atoms with Crippen LogP contribution in [0.1, 0.15) is 54.9 Å². The van der Waals surface area contributed by atoms with Crippen LogP contribution in [0, 0.1) is 6.92 Å². The minimum atomic E-state index is 0.404. The molecule has 0 bridgehead atoms. The van der Waals surface area contributed by atoms with Crippen molar-refractivity contribution >= 4 is 16.6 Å². The molecule has 1 fully saturated rings. The van der Waals surface area contributed by atoms with E-state index in [-0.39, 0.29) is 0 Å². The third kappa shape index (κ3) is 4.14. The summed E-state index contributed by atoms with van der Waals surface area (Å²) < 4.78 is 1.88. The van der Waals surface area contributed by atoms with Gasteiger partial charge >= 0.3 is 0 Å². The van der Waals surface area contributed by atoms with Gasteiger partial charge in [-0.2, -0.15) is 5.10 Å². The largest absolute Gasteiger partial charge is 0.354 e. The van der Waals surface area contributed by atoms with Crippen molar-refractivity contribution in [2.75, 3.05) is 6.54 Å². The molecule has 1 N–H and O–H groups in total. The predicted octanol–water partition coefficient (Wildman–Crippen LogP) is 6.52. The summed E-state index contributed by atoms with van der Waals surface area (Å²) in [4.78, 5) is 10.8. The van der Waals surface area contributed by atoms with Crippen molar-refractivity contribution in [2.45, 2.75) is 58.5 Å². The minimum Gasteiger partial charge on any atom is -0.354 e. The van der Waals surface area contributed by atoms with E-state index in [1.54, 1.807) is 6.33 Å². The molecule has 1 atom stereocenters. The van der Waals surface area contributed by atoms with E-state index < -0.39 is 0 Å². The van der Waals surface area contributed by atoms with Crippen LogP contribution in [-0.2, 0) is 13.0 Å². The van der Waals surface area contributed by atoms with Crippen molar-refractivity contribution in [1.82, 2.24) is 24.5 Å². The smallest absolute Gasteiger partial charge is 0.158 e. The molecule has 6 rings (SSSR count). The Morgan fingerprint density at radius 3 is 2.74 bits per heavy atom. The maximum Gasteiger partial charge on any atom is 0.158 e. The topological polar surface area (TPSA) is 49.2 Å². The average Bonchev–Trinajstić information content (AvgIpc) is 3.58. The lowest BCUT2D eigenvalue weighted by Crippen LogP contribution is -2.30. The SMILES string of the molecule is Cc1cc(-c2[nH]c3ccc(CC4CCCN4Cc4ccccc4)cc3c2C(C)C)cn2ncnc12. The van der Waals surface area contributed by atoms with E-state index in [1.165, 1.54) is 52.7 Å². The van der Waals surface area contributed by atoms with Gasteiger partial charge in [0.2, 0.25) is 0 Å². The van der Waals surface area contributed by atoms with Crippen LogP contribution < -0.4 is 0 Å². The van der Waals surface area contributed by atoms with Crippen molar-refractivity contribution in [2.24, 2.45) is 0 Å². The van der Waals surface area contributed by atoms with Gasteiger partial charge in [-0.25, -0.2) is 9.50 Å². The van der Waals surface area contributed by atoms with Gasteiger partial charge in [-0.3, -0.25) is 4.90 Å². The molecule has 1 unspecified atom stereocenters. The summed E-state index contributed by atoms with van der Waals surface area (Å²) in [6.45, 7) is 8.92. The first kappa shape index (κ1) is 22.1. The molecule has 0 aliphatic carbocycles. The Morgan fingerprint density at radius 1 is 1.06 bits per heavy atom. The minimum absolute atomic E-state index is 0.404. The first-order chi connectivity index (χ1) is 17.1. The molecule has 5 aromatic rings. The second-order valence-corrected chi connectivity index (χ2v) is 10.3. The molecule has 2 aromatic carbocycles. The van der Waals surface area contributed by atoms with Crippen LogP contribution in [0.3, 0.4) is 0 Å². The van der Waals surface area contributed by atoms with Gasteiger partial charge in [-0.15, -0.1) is 0 Å². The summed E-state index contributed by atoms with van der Waals surface area (Å²) in [5.74, 6) is 0.404. The van der Waals surface area contributed by atoms with E-state index >= 15 is 0 Å². The Labute approximate surface area is 206 Å². The van der Waals surface area contributed by atoms with Gasteiger partial charge in [-0.1, -0.05) is 50.2 Å². The summed E-state index contributed by atoms with van der Waals surface area (Å²) >= 11 is 0. The molecule has 1 saturated heterocycles. The van der Waals surface area contributed by atoms with Crippen LogP contribution in [0.4, 0.5) is 0 Å². The Hall–Kier alpha value is -3.44. The molecule has 35 heavy (non-hydrogen) atoms. The second-order valence-electron chi connectivity index (χ2n) is 10.3. The van der Waals surface area contributed by atoms with Crippen molar-refractivity contribution < 1.29 is 0 Å². The molecule has 5 heteroatoms. The number of aromatic nitrogens is 4. The van der Waals surface area contributed by atoms with Crippen molar-refractivity contribution in [3.05, 3.63) is 89.4 Å². The van der Waals surface area contributed by atoms with Crippen LogP contribution in [0.25, 0.3) is 27.8 Å².